The van der Waals surface area contributed by atoms with Crippen molar-refractivity contribution in [3.05, 3.63) is 18.0 Å². The van der Waals surface area contributed by atoms with E-state index in [1.54, 1.807) is 0 Å². The van der Waals surface area contributed by atoms with Gasteiger partial charge in [0.2, 0.25) is 0 Å². The molecule has 1 aromatic heterocycles. The van der Waals surface area contributed by atoms with Crippen molar-refractivity contribution in [2.75, 3.05) is 0 Å². The van der Waals surface area contributed by atoms with Crippen LogP contribution in [0, 0.1) is 0 Å². The lowest BCUT2D eigenvalue weighted by Crippen LogP contribution is -2.31. The third-order valence-corrected chi connectivity index (χ3v) is 3.42. The van der Waals surface area contributed by atoms with Crippen LogP contribution in [-0.4, -0.2) is 20.5 Å². The lowest BCUT2D eigenvalue weighted by molar-refractivity contribution is -0.00342. The molecule has 3 nitrogen and oxygen atoms in total. The lowest BCUT2D eigenvalue weighted by atomic mass is 9.81. The molecule has 0 saturated heterocycles. The predicted octanol–water partition coefficient (Wildman–Crippen LogP) is 2.05. The second-order valence-electron chi connectivity index (χ2n) is 4.81. The Morgan fingerprint density at radius 1 is 1.40 bits per heavy atom. The van der Waals surface area contributed by atoms with Gasteiger partial charge in [0.25, 0.3) is 0 Å². The summed E-state index contributed by atoms with van der Waals surface area (Å²) in [6, 6.07) is 0. The number of hydrogen-bond acceptors (Lipinski definition) is 2. The Hall–Kier alpha value is -0.830. The van der Waals surface area contributed by atoms with E-state index in [1.807, 2.05) is 24.1 Å². The van der Waals surface area contributed by atoms with Crippen LogP contribution >= 0.6 is 0 Å². The molecular formula is C12H20N2O. The van der Waals surface area contributed by atoms with E-state index in [9.17, 15) is 5.11 Å². The van der Waals surface area contributed by atoms with Crippen LogP contribution in [0.1, 0.15) is 44.1 Å². The molecule has 1 fully saturated rings. The Kier molecular flexibility index (Phi) is 3.10. The van der Waals surface area contributed by atoms with Gasteiger partial charge in [-0.3, -0.25) is 4.68 Å². The molecule has 1 saturated carbocycles. The molecule has 2 rings (SSSR count). The highest BCUT2D eigenvalue weighted by Crippen LogP contribution is 2.31. The standard InChI is InChI=1S/C12H20N2O/c1-14-10-11(9-13-14)5-8-12(15)6-3-2-4-7-12/h9-10,15H,2-8H2,1H3. The van der Waals surface area contributed by atoms with Crippen LogP contribution in [0.3, 0.4) is 0 Å². The van der Waals surface area contributed by atoms with Crippen molar-refractivity contribution in [3.63, 3.8) is 0 Å². The van der Waals surface area contributed by atoms with E-state index in [4.69, 9.17) is 0 Å². The Labute approximate surface area is 91.1 Å². The average Bonchev–Trinajstić information content (AvgIpc) is 2.63. The summed E-state index contributed by atoms with van der Waals surface area (Å²) in [4.78, 5) is 0. The molecule has 3 heteroatoms. The van der Waals surface area contributed by atoms with E-state index >= 15 is 0 Å². The number of nitrogens with zero attached hydrogens (tertiary/aromatic N) is 2. The van der Waals surface area contributed by atoms with Crippen molar-refractivity contribution in [2.24, 2.45) is 7.05 Å². The second-order valence-corrected chi connectivity index (χ2v) is 4.81. The van der Waals surface area contributed by atoms with Crippen LogP contribution in [0.25, 0.3) is 0 Å². The molecule has 1 aliphatic rings. The molecule has 1 heterocycles. The van der Waals surface area contributed by atoms with Gasteiger partial charge in [0.15, 0.2) is 0 Å². The summed E-state index contributed by atoms with van der Waals surface area (Å²) >= 11 is 0. The topological polar surface area (TPSA) is 38.0 Å². The van der Waals surface area contributed by atoms with E-state index in [1.165, 1.54) is 24.8 Å². The second kappa shape index (κ2) is 4.35. The SMILES string of the molecule is Cn1cc(CCC2(O)CCCCC2)cn1. The fourth-order valence-corrected chi connectivity index (χ4v) is 2.44. The van der Waals surface area contributed by atoms with Crippen LogP contribution in [0.5, 0.6) is 0 Å². The van der Waals surface area contributed by atoms with Gasteiger partial charge < -0.3 is 5.11 Å². The Morgan fingerprint density at radius 3 is 2.73 bits per heavy atom. The fraction of sp³-hybridized carbons (Fsp3) is 0.750. The number of hydrogen-bond donors (Lipinski definition) is 1. The first-order chi connectivity index (χ1) is 7.18. The maximum atomic E-state index is 10.3. The molecule has 0 unspecified atom stereocenters. The summed E-state index contributed by atoms with van der Waals surface area (Å²) in [7, 11) is 1.93. The maximum Gasteiger partial charge on any atom is 0.0651 e. The third-order valence-electron chi connectivity index (χ3n) is 3.42. The summed E-state index contributed by atoms with van der Waals surface area (Å²) in [6.07, 6.45) is 11.4. The summed E-state index contributed by atoms with van der Waals surface area (Å²) in [5.74, 6) is 0. The molecule has 15 heavy (non-hydrogen) atoms. The molecule has 1 aromatic rings. The first kappa shape index (κ1) is 10.7. The number of rotatable bonds is 3. The van der Waals surface area contributed by atoms with Crippen molar-refractivity contribution in [1.82, 2.24) is 9.78 Å². The smallest absolute Gasteiger partial charge is 0.0651 e. The molecule has 0 aromatic carbocycles. The first-order valence-electron chi connectivity index (χ1n) is 5.88. The molecule has 1 aliphatic carbocycles. The van der Waals surface area contributed by atoms with E-state index in [2.05, 4.69) is 5.10 Å². The van der Waals surface area contributed by atoms with Gasteiger partial charge in [0, 0.05) is 13.2 Å². The van der Waals surface area contributed by atoms with Crippen LogP contribution in [-0.2, 0) is 13.5 Å². The van der Waals surface area contributed by atoms with Crippen molar-refractivity contribution in [3.8, 4) is 0 Å². The highest BCUT2D eigenvalue weighted by Gasteiger charge is 2.28. The Balaban J connectivity index is 1.86. The minimum Gasteiger partial charge on any atom is -0.390 e. The average molecular weight is 208 g/mol. The monoisotopic (exact) mass is 208 g/mol. The minimum atomic E-state index is -0.395. The van der Waals surface area contributed by atoms with Gasteiger partial charge in [0.05, 0.1) is 11.8 Å². The van der Waals surface area contributed by atoms with Crippen LogP contribution in [0.2, 0.25) is 0 Å². The molecule has 0 aliphatic heterocycles. The zero-order valence-corrected chi connectivity index (χ0v) is 9.45. The van der Waals surface area contributed by atoms with Gasteiger partial charge in [-0.1, -0.05) is 19.3 Å². The normalized spacial score (nSPS) is 20.4. The van der Waals surface area contributed by atoms with E-state index in [0.717, 1.165) is 25.7 Å². The lowest BCUT2D eigenvalue weighted by Gasteiger charge is -2.31. The molecule has 84 valence electrons. The zero-order valence-electron chi connectivity index (χ0n) is 9.45. The number of aliphatic hydroxyl groups is 1. The van der Waals surface area contributed by atoms with Crippen molar-refractivity contribution < 1.29 is 5.11 Å². The van der Waals surface area contributed by atoms with Crippen LogP contribution < -0.4 is 0 Å². The van der Waals surface area contributed by atoms with Crippen molar-refractivity contribution >= 4 is 0 Å². The summed E-state index contributed by atoms with van der Waals surface area (Å²) in [5, 5.41) is 14.5. The quantitative estimate of drug-likeness (QED) is 0.825. The molecule has 0 radical (unpaired) electrons. The summed E-state index contributed by atoms with van der Waals surface area (Å²) in [5.41, 5.74) is 0.838. The fourth-order valence-electron chi connectivity index (χ4n) is 2.44. The summed E-state index contributed by atoms with van der Waals surface area (Å²) in [6.45, 7) is 0. The third kappa shape index (κ3) is 2.81. The van der Waals surface area contributed by atoms with Gasteiger partial charge in [-0.15, -0.1) is 0 Å². The van der Waals surface area contributed by atoms with Crippen LogP contribution in [0.4, 0.5) is 0 Å². The highest BCUT2D eigenvalue weighted by molar-refractivity contribution is 5.04. The number of aryl methyl sites for hydroxylation is 2. The molecule has 0 bridgehead atoms. The minimum absolute atomic E-state index is 0.395. The molecular weight excluding hydrogens is 188 g/mol. The van der Waals surface area contributed by atoms with Crippen LogP contribution in [0.15, 0.2) is 12.4 Å². The van der Waals surface area contributed by atoms with Crippen molar-refractivity contribution in [1.29, 1.82) is 0 Å². The summed E-state index contributed by atoms with van der Waals surface area (Å²) < 4.78 is 1.82. The maximum absolute atomic E-state index is 10.3. The molecule has 0 spiro atoms. The highest BCUT2D eigenvalue weighted by atomic mass is 16.3. The Morgan fingerprint density at radius 2 is 2.13 bits per heavy atom. The van der Waals surface area contributed by atoms with Gasteiger partial charge in [-0.05, 0) is 31.2 Å². The van der Waals surface area contributed by atoms with E-state index in [0.29, 0.717) is 0 Å². The number of aromatic nitrogens is 2. The van der Waals surface area contributed by atoms with Crippen molar-refractivity contribution in [2.45, 2.75) is 50.5 Å². The predicted molar refractivity (Wildman–Crippen MR) is 59.6 cm³/mol. The first-order valence-corrected chi connectivity index (χ1v) is 5.88. The van der Waals surface area contributed by atoms with Gasteiger partial charge in [0.1, 0.15) is 0 Å². The van der Waals surface area contributed by atoms with Gasteiger partial charge >= 0.3 is 0 Å². The Bertz CT molecular complexity index is 313. The molecule has 1 N–H and O–H groups in total. The van der Waals surface area contributed by atoms with E-state index < -0.39 is 5.60 Å². The zero-order chi connectivity index (χ0) is 10.7. The van der Waals surface area contributed by atoms with Gasteiger partial charge in [-0.25, -0.2) is 0 Å². The molecule has 0 atom stereocenters. The largest absolute Gasteiger partial charge is 0.390 e. The molecule has 0 amide bonds. The van der Waals surface area contributed by atoms with Gasteiger partial charge in [-0.2, -0.15) is 5.10 Å². The van der Waals surface area contributed by atoms with E-state index in [-0.39, 0.29) is 0 Å².